The predicted octanol–water partition coefficient (Wildman–Crippen LogP) is 4.77. The Morgan fingerprint density at radius 3 is 2.19 bits per heavy atom. The number of carbonyl (C=O) groups excluding carboxylic acids is 1. The van der Waals surface area contributed by atoms with E-state index in [2.05, 4.69) is 5.32 Å². The standard InChI is InChI=1S/C23H22Cl2N2O4S/c1-32(29,30)27(21-8-4-2-6-19(21)24)16-17-10-12-18(13-11-17)23(28)26-14-15-31-22-9-5-3-7-20(22)25/h2-13H,14-16H2,1H3,(H,26,28). The van der Waals surface area contributed by atoms with Crippen molar-refractivity contribution in [2.24, 2.45) is 0 Å². The Bertz CT molecular complexity index is 1180. The van der Waals surface area contributed by atoms with Gasteiger partial charge in [0.05, 0.1) is 35.1 Å². The summed E-state index contributed by atoms with van der Waals surface area (Å²) in [6, 6.07) is 20.6. The van der Waals surface area contributed by atoms with Crippen LogP contribution in [0.15, 0.2) is 72.8 Å². The summed E-state index contributed by atoms with van der Waals surface area (Å²) in [6.45, 7) is 0.672. The Kier molecular flexibility index (Phi) is 8.01. The molecule has 1 N–H and O–H groups in total. The molecule has 9 heteroatoms. The maximum absolute atomic E-state index is 12.4. The molecule has 0 radical (unpaired) electrons. The number of nitrogens with one attached hydrogen (secondary N) is 1. The lowest BCUT2D eigenvalue weighted by Crippen LogP contribution is -2.30. The van der Waals surface area contributed by atoms with Crippen LogP contribution in [0, 0.1) is 0 Å². The molecule has 168 valence electrons. The van der Waals surface area contributed by atoms with Crippen molar-refractivity contribution in [3.63, 3.8) is 0 Å². The van der Waals surface area contributed by atoms with Crippen LogP contribution in [0.3, 0.4) is 0 Å². The first-order chi connectivity index (χ1) is 15.3. The van der Waals surface area contributed by atoms with Gasteiger partial charge in [0.1, 0.15) is 12.4 Å². The summed E-state index contributed by atoms with van der Waals surface area (Å²) in [7, 11) is -3.56. The van der Waals surface area contributed by atoms with Gasteiger partial charge in [-0.25, -0.2) is 8.42 Å². The SMILES string of the molecule is CS(=O)(=O)N(Cc1ccc(C(=O)NCCOc2ccccc2Cl)cc1)c1ccccc1Cl. The Labute approximate surface area is 197 Å². The normalized spacial score (nSPS) is 11.1. The lowest BCUT2D eigenvalue weighted by Gasteiger charge is -2.23. The van der Waals surface area contributed by atoms with Crippen molar-refractivity contribution < 1.29 is 17.9 Å². The number of amides is 1. The number of sulfonamides is 1. The molecule has 3 aromatic carbocycles. The zero-order valence-corrected chi connectivity index (χ0v) is 19.6. The van der Waals surface area contributed by atoms with Gasteiger partial charge in [0, 0.05) is 5.56 Å². The number of halogens is 2. The number of hydrogen-bond donors (Lipinski definition) is 1. The van der Waals surface area contributed by atoms with Gasteiger partial charge < -0.3 is 10.1 Å². The first-order valence-electron chi connectivity index (χ1n) is 9.72. The highest BCUT2D eigenvalue weighted by Gasteiger charge is 2.20. The molecular weight excluding hydrogens is 471 g/mol. The summed E-state index contributed by atoms with van der Waals surface area (Å²) < 4.78 is 31.4. The van der Waals surface area contributed by atoms with Crippen LogP contribution in [0.2, 0.25) is 10.0 Å². The monoisotopic (exact) mass is 492 g/mol. The number of anilines is 1. The molecular formula is C23H22Cl2N2O4S. The summed E-state index contributed by atoms with van der Waals surface area (Å²) in [5.74, 6) is 0.298. The highest BCUT2D eigenvalue weighted by Crippen LogP contribution is 2.28. The summed E-state index contributed by atoms with van der Waals surface area (Å²) in [5.41, 5.74) is 1.57. The van der Waals surface area contributed by atoms with Gasteiger partial charge in [-0.3, -0.25) is 9.10 Å². The van der Waals surface area contributed by atoms with Crippen molar-refractivity contribution in [3.05, 3.63) is 94.0 Å². The second-order valence-corrected chi connectivity index (χ2v) is 9.67. The first-order valence-corrected chi connectivity index (χ1v) is 12.3. The fraction of sp³-hybridized carbons (Fsp3) is 0.174. The van der Waals surface area contributed by atoms with E-state index in [1.54, 1.807) is 60.7 Å². The number of nitrogens with zero attached hydrogens (tertiary/aromatic N) is 1. The van der Waals surface area contributed by atoms with E-state index in [-0.39, 0.29) is 19.1 Å². The van der Waals surface area contributed by atoms with Crippen molar-refractivity contribution in [1.82, 2.24) is 5.32 Å². The van der Waals surface area contributed by atoms with Crippen LogP contribution in [0.4, 0.5) is 5.69 Å². The molecule has 0 aliphatic rings. The van der Waals surface area contributed by atoms with E-state index in [1.807, 2.05) is 12.1 Å². The van der Waals surface area contributed by atoms with Crippen molar-refractivity contribution >= 4 is 44.8 Å². The molecule has 32 heavy (non-hydrogen) atoms. The van der Waals surface area contributed by atoms with Crippen LogP contribution in [-0.2, 0) is 16.6 Å². The fourth-order valence-corrected chi connectivity index (χ4v) is 4.33. The minimum absolute atomic E-state index is 0.0934. The molecule has 0 saturated heterocycles. The number of hydrogen-bond acceptors (Lipinski definition) is 4. The van der Waals surface area contributed by atoms with Crippen LogP contribution in [0.5, 0.6) is 5.75 Å². The maximum Gasteiger partial charge on any atom is 0.251 e. The van der Waals surface area contributed by atoms with Crippen LogP contribution < -0.4 is 14.4 Å². The number of carbonyl (C=O) groups is 1. The minimum Gasteiger partial charge on any atom is -0.490 e. The molecule has 0 aliphatic heterocycles. The second kappa shape index (κ2) is 10.7. The molecule has 0 unspecified atom stereocenters. The van der Waals surface area contributed by atoms with Crippen molar-refractivity contribution in [1.29, 1.82) is 0 Å². The van der Waals surface area contributed by atoms with Crippen molar-refractivity contribution in [2.45, 2.75) is 6.54 Å². The molecule has 1 amide bonds. The average molecular weight is 493 g/mol. The van der Waals surface area contributed by atoms with Crippen LogP contribution in [0.1, 0.15) is 15.9 Å². The van der Waals surface area contributed by atoms with Crippen LogP contribution >= 0.6 is 23.2 Å². The molecule has 0 heterocycles. The van der Waals surface area contributed by atoms with Gasteiger partial charge in [-0.1, -0.05) is 59.6 Å². The molecule has 0 aliphatic carbocycles. The van der Waals surface area contributed by atoms with Gasteiger partial charge in [0.15, 0.2) is 0 Å². The predicted molar refractivity (Wildman–Crippen MR) is 128 cm³/mol. The summed E-state index contributed by atoms with van der Waals surface area (Å²) in [6.07, 6.45) is 1.13. The number of para-hydroxylation sites is 2. The lowest BCUT2D eigenvalue weighted by molar-refractivity contribution is 0.0947. The smallest absolute Gasteiger partial charge is 0.251 e. The van der Waals surface area contributed by atoms with Crippen LogP contribution in [0.25, 0.3) is 0 Å². The van der Waals surface area contributed by atoms with Crippen molar-refractivity contribution in [2.75, 3.05) is 23.7 Å². The molecule has 0 spiro atoms. The Morgan fingerprint density at radius 2 is 1.56 bits per heavy atom. The topological polar surface area (TPSA) is 75.7 Å². The fourth-order valence-electron chi connectivity index (χ4n) is 2.95. The van der Waals surface area contributed by atoms with E-state index in [0.717, 1.165) is 6.26 Å². The third-order valence-electron chi connectivity index (χ3n) is 4.55. The Hall–Kier alpha value is -2.74. The number of ether oxygens (including phenoxy) is 1. The maximum atomic E-state index is 12.4. The van der Waals surface area contributed by atoms with Gasteiger partial charge in [0.2, 0.25) is 10.0 Å². The molecule has 3 rings (SSSR count). The average Bonchev–Trinajstić information content (AvgIpc) is 2.76. The van der Waals surface area contributed by atoms with E-state index in [9.17, 15) is 13.2 Å². The largest absolute Gasteiger partial charge is 0.490 e. The minimum atomic E-state index is -3.56. The van der Waals surface area contributed by atoms with E-state index in [0.29, 0.717) is 39.2 Å². The first kappa shape index (κ1) is 23.9. The number of benzene rings is 3. The van der Waals surface area contributed by atoms with E-state index in [1.165, 1.54) is 4.31 Å². The third kappa shape index (κ3) is 6.38. The summed E-state index contributed by atoms with van der Waals surface area (Å²) in [4.78, 5) is 12.4. The third-order valence-corrected chi connectivity index (χ3v) is 6.30. The zero-order chi connectivity index (χ0) is 23.1. The number of rotatable bonds is 9. The molecule has 0 bridgehead atoms. The van der Waals surface area contributed by atoms with Gasteiger partial charge in [-0.05, 0) is 42.0 Å². The van der Waals surface area contributed by atoms with Gasteiger partial charge in [-0.2, -0.15) is 0 Å². The molecule has 0 saturated carbocycles. The van der Waals surface area contributed by atoms with Crippen molar-refractivity contribution in [3.8, 4) is 5.75 Å². The highest BCUT2D eigenvalue weighted by molar-refractivity contribution is 7.92. The van der Waals surface area contributed by atoms with Gasteiger partial charge in [-0.15, -0.1) is 0 Å². The molecule has 6 nitrogen and oxygen atoms in total. The van der Waals surface area contributed by atoms with E-state index in [4.69, 9.17) is 27.9 Å². The molecule has 3 aromatic rings. The Morgan fingerprint density at radius 1 is 0.938 bits per heavy atom. The van der Waals surface area contributed by atoms with E-state index < -0.39 is 10.0 Å². The van der Waals surface area contributed by atoms with Gasteiger partial charge >= 0.3 is 0 Å². The summed E-state index contributed by atoms with van der Waals surface area (Å²) in [5, 5.41) is 3.63. The highest BCUT2D eigenvalue weighted by atomic mass is 35.5. The zero-order valence-electron chi connectivity index (χ0n) is 17.3. The second-order valence-electron chi connectivity index (χ2n) is 6.95. The molecule has 0 atom stereocenters. The van der Waals surface area contributed by atoms with Crippen LogP contribution in [-0.4, -0.2) is 33.7 Å². The lowest BCUT2D eigenvalue weighted by atomic mass is 10.1. The molecule has 0 aromatic heterocycles. The Balaban J connectivity index is 1.59. The quantitative estimate of drug-likeness (QED) is 0.436. The van der Waals surface area contributed by atoms with E-state index >= 15 is 0 Å². The van der Waals surface area contributed by atoms with Gasteiger partial charge in [0.25, 0.3) is 5.91 Å². The summed E-state index contributed by atoms with van der Waals surface area (Å²) >= 11 is 12.2. The molecule has 0 fully saturated rings.